The number of hydrogen-bond acceptors (Lipinski definition) is 2. The van der Waals surface area contributed by atoms with Gasteiger partial charge in [0.1, 0.15) is 5.82 Å². The number of alkyl halides is 3. The Morgan fingerprint density at radius 2 is 2.05 bits per heavy atom. The van der Waals surface area contributed by atoms with Gasteiger partial charge in [0, 0.05) is 23.9 Å². The summed E-state index contributed by atoms with van der Waals surface area (Å²) in [6.45, 7) is 0. The molecule has 1 unspecified atom stereocenters. The maximum absolute atomic E-state index is 12.8. The highest BCUT2D eigenvalue weighted by atomic mass is 79.9. The minimum atomic E-state index is -4.42. The van der Waals surface area contributed by atoms with Gasteiger partial charge in [0.25, 0.3) is 0 Å². The summed E-state index contributed by atoms with van der Waals surface area (Å²) < 4.78 is 40.1. The summed E-state index contributed by atoms with van der Waals surface area (Å²) >= 11 is 2.90. The molecule has 0 fully saturated rings. The van der Waals surface area contributed by atoms with Crippen molar-refractivity contribution in [2.45, 2.75) is 12.2 Å². The number of aryl methyl sites for hydroxylation is 1. The SMILES string of the molecule is Cn1ccnc1C(N)c1ccc(Br)c(C(F)(F)F)c1. The smallest absolute Gasteiger partial charge is 0.336 e. The van der Waals surface area contributed by atoms with E-state index in [2.05, 4.69) is 20.9 Å². The summed E-state index contributed by atoms with van der Waals surface area (Å²) in [6, 6.07) is 3.25. The van der Waals surface area contributed by atoms with Gasteiger partial charge in [-0.2, -0.15) is 13.2 Å². The molecule has 2 rings (SSSR count). The molecule has 1 aromatic heterocycles. The Morgan fingerprint density at radius 3 is 2.58 bits per heavy atom. The molecular formula is C12H11BrF3N3. The molecule has 3 nitrogen and oxygen atoms in total. The molecule has 1 atom stereocenters. The first-order valence-corrected chi connectivity index (χ1v) is 6.19. The second-order valence-electron chi connectivity index (χ2n) is 4.11. The van der Waals surface area contributed by atoms with Crippen LogP contribution in [0.1, 0.15) is 23.0 Å². The first kappa shape index (κ1) is 14.1. The highest BCUT2D eigenvalue weighted by molar-refractivity contribution is 9.10. The van der Waals surface area contributed by atoms with Gasteiger partial charge in [-0.1, -0.05) is 22.0 Å². The maximum Gasteiger partial charge on any atom is 0.417 e. The van der Waals surface area contributed by atoms with E-state index in [1.54, 1.807) is 30.1 Å². The molecule has 0 aliphatic rings. The van der Waals surface area contributed by atoms with Crippen LogP contribution < -0.4 is 5.73 Å². The lowest BCUT2D eigenvalue weighted by molar-refractivity contribution is -0.138. The van der Waals surface area contributed by atoms with Gasteiger partial charge in [0.15, 0.2) is 0 Å². The minimum Gasteiger partial charge on any atom is -0.336 e. The van der Waals surface area contributed by atoms with Crippen molar-refractivity contribution in [1.82, 2.24) is 9.55 Å². The zero-order chi connectivity index (χ0) is 14.2. The second kappa shape index (κ2) is 4.97. The number of nitrogens with two attached hydrogens (primary N) is 1. The van der Waals surface area contributed by atoms with Gasteiger partial charge in [-0.15, -0.1) is 0 Å². The normalized spacial score (nSPS) is 13.6. The molecule has 0 aliphatic heterocycles. The zero-order valence-corrected chi connectivity index (χ0v) is 11.5. The summed E-state index contributed by atoms with van der Waals surface area (Å²) in [5.74, 6) is 0.510. The largest absolute Gasteiger partial charge is 0.417 e. The fourth-order valence-electron chi connectivity index (χ4n) is 1.78. The van der Waals surface area contributed by atoms with Crippen LogP contribution in [0, 0.1) is 0 Å². The highest BCUT2D eigenvalue weighted by Gasteiger charge is 2.33. The van der Waals surface area contributed by atoms with Crippen LogP contribution in [0.3, 0.4) is 0 Å². The van der Waals surface area contributed by atoms with E-state index in [-0.39, 0.29) is 4.47 Å². The monoisotopic (exact) mass is 333 g/mol. The second-order valence-corrected chi connectivity index (χ2v) is 4.97. The minimum absolute atomic E-state index is 0.00390. The number of aromatic nitrogens is 2. The lowest BCUT2D eigenvalue weighted by atomic mass is 10.0. The van der Waals surface area contributed by atoms with Gasteiger partial charge in [-0.05, 0) is 17.7 Å². The molecule has 0 saturated heterocycles. The molecule has 1 heterocycles. The van der Waals surface area contributed by atoms with Gasteiger partial charge in [-0.3, -0.25) is 0 Å². The average molecular weight is 334 g/mol. The van der Waals surface area contributed by atoms with Crippen molar-refractivity contribution < 1.29 is 13.2 Å². The fourth-order valence-corrected chi connectivity index (χ4v) is 2.25. The molecular weight excluding hydrogens is 323 g/mol. The van der Waals surface area contributed by atoms with Gasteiger partial charge < -0.3 is 10.3 Å². The molecule has 0 amide bonds. The van der Waals surface area contributed by atoms with E-state index in [0.717, 1.165) is 6.07 Å². The first-order chi connectivity index (χ1) is 8.80. The van der Waals surface area contributed by atoms with Crippen molar-refractivity contribution >= 4 is 15.9 Å². The van der Waals surface area contributed by atoms with E-state index in [1.807, 2.05) is 0 Å². The van der Waals surface area contributed by atoms with Crippen molar-refractivity contribution in [3.05, 3.63) is 52.0 Å². The summed E-state index contributed by atoms with van der Waals surface area (Å²) in [6.07, 6.45) is -1.17. The molecule has 0 radical (unpaired) electrons. The Hall–Kier alpha value is -1.34. The predicted molar refractivity (Wildman–Crippen MR) is 68.4 cm³/mol. The molecule has 0 bridgehead atoms. The first-order valence-electron chi connectivity index (χ1n) is 5.40. The van der Waals surface area contributed by atoms with Crippen LogP contribution in [0.15, 0.2) is 35.1 Å². The molecule has 19 heavy (non-hydrogen) atoms. The van der Waals surface area contributed by atoms with Crippen LogP contribution in [0.5, 0.6) is 0 Å². The van der Waals surface area contributed by atoms with Crippen LogP contribution in [0.2, 0.25) is 0 Å². The third-order valence-electron chi connectivity index (χ3n) is 2.79. The van der Waals surface area contributed by atoms with E-state index in [1.165, 1.54) is 6.07 Å². The lowest BCUT2D eigenvalue weighted by Gasteiger charge is -2.15. The van der Waals surface area contributed by atoms with E-state index >= 15 is 0 Å². The average Bonchev–Trinajstić information content (AvgIpc) is 2.73. The standard InChI is InChI=1S/C12H11BrF3N3/c1-19-5-4-18-11(19)10(17)7-2-3-9(13)8(6-7)12(14,15)16/h2-6,10H,17H2,1H3. The van der Waals surface area contributed by atoms with Crippen LogP contribution in [-0.4, -0.2) is 9.55 Å². The summed E-state index contributed by atoms with van der Waals surface area (Å²) in [7, 11) is 1.74. The molecule has 2 N–H and O–H groups in total. The van der Waals surface area contributed by atoms with Crippen molar-refractivity contribution in [1.29, 1.82) is 0 Å². The Bertz CT molecular complexity index is 592. The highest BCUT2D eigenvalue weighted by Crippen LogP contribution is 2.36. The third-order valence-corrected chi connectivity index (χ3v) is 3.48. The van der Waals surface area contributed by atoms with E-state index in [9.17, 15) is 13.2 Å². The van der Waals surface area contributed by atoms with E-state index < -0.39 is 17.8 Å². The number of benzene rings is 1. The Morgan fingerprint density at radius 1 is 1.37 bits per heavy atom. The summed E-state index contributed by atoms with van der Waals surface area (Å²) in [4.78, 5) is 4.05. The molecule has 1 aromatic carbocycles. The number of imidazole rings is 1. The lowest BCUT2D eigenvalue weighted by Crippen LogP contribution is -2.17. The van der Waals surface area contributed by atoms with Crippen LogP contribution in [0.4, 0.5) is 13.2 Å². The van der Waals surface area contributed by atoms with Crippen molar-refractivity contribution in [3.8, 4) is 0 Å². The molecule has 7 heteroatoms. The number of rotatable bonds is 2. The Labute approximate surface area is 116 Å². The summed E-state index contributed by atoms with van der Waals surface area (Å²) in [5.41, 5.74) is 5.58. The van der Waals surface area contributed by atoms with Crippen molar-refractivity contribution in [3.63, 3.8) is 0 Å². The Balaban J connectivity index is 2.44. The predicted octanol–water partition coefficient (Wildman–Crippen LogP) is 3.25. The van der Waals surface area contributed by atoms with Gasteiger partial charge >= 0.3 is 6.18 Å². The van der Waals surface area contributed by atoms with Crippen LogP contribution >= 0.6 is 15.9 Å². The molecule has 2 aromatic rings. The maximum atomic E-state index is 12.8. The van der Waals surface area contributed by atoms with Gasteiger partial charge in [0.05, 0.1) is 11.6 Å². The number of halogens is 4. The van der Waals surface area contributed by atoms with Crippen molar-refractivity contribution in [2.24, 2.45) is 12.8 Å². The number of hydrogen-bond donors (Lipinski definition) is 1. The zero-order valence-electron chi connectivity index (χ0n) is 9.95. The molecule has 0 spiro atoms. The van der Waals surface area contributed by atoms with Crippen LogP contribution in [-0.2, 0) is 13.2 Å². The fraction of sp³-hybridized carbons (Fsp3) is 0.250. The molecule has 0 aliphatic carbocycles. The quantitative estimate of drug-likeness (QED) is 0.916. The molecule has 102 valence electrons. The van der Waals surface area contributed by atoms with Crippen LogP contribution in [0.25, 0.3) is 0 Å². The topological polar surface area (TPSA) is 43.8 Å². The van der Waals surface area contributed by atoms with Gasteiger partial charge in [0.2, 0.25) is 0 Å². The third kappa shape index (κ3) is 2.82. The van der Waals surface area contributed by atoms with Gasteiger partial charge in [-0.25, -0.2) is 4.98 Å². The summed E-state index contributed by atoms with van der Waals surface area (Å²) in [5, 5.41) is 0. The van der Waals surface area contributed by atoms with E-state index in [0.29, 0.717) is 11.4 Å². The van der Waals surface area contributed by atoms with Crippen molar-refractivity contribution in [2.75, 3.05) is 0 Å². The Kier molecular flexibility index (Phi) is 3.69. The van der Waals surface area contributed by atoms with E-state index in [4.69, 9.17) is 5.73 Å². The molecule has 0 saturated carbocycles. The number of nitrogens with zero attached hydrogens (tertiary/aromatic N) is 2.